The molecule has 11 heavy (non-hydrogen) atoms. The molecule has 0 rings (SSSR count). The lowest BCUT2D eigenvalue weighted by atomic mass is 10.4. The first kappa shape index (κ1) is 10.2. The van der Waals surface area contributed by atoms with Crippen LogP contribution in [0.15, 0.2) is 12.2 Å². The van der Waals surface area contributed by atoms with Gasteiger partial charge in [-0.3, -0.25) is 10.2 Å². The fourth-order valence-corrected chi connectivity index (χ4v) is 0.372. The third kappa shape index (κ3) is 3.83. The van der Waals surface area contributed by atoms with E-state index in [0.29, 0.717) is 0 Å². The standard InChI is InChI=1S/C5H7O5P/c1-3(2)4(6)10-5(7,8)11-9/h7-8H,1H2,2H3/p+1. The summed E-state index contributed by atoms with van der Waals surface area (Å²) >= 11 is 0. The van der Waals surface area contributed by atoms with Crippen molar-refractivity contribution in [1.29, 1.82) is 0 Å². The molecule has 0 spiro atoms. The van der Waals surface area contributed by atoms with Gasteiger partial charge in [0.25, 0.3) is 0 Å². The predicted molar refractivity (Wildman–Crippen MR) is 37.1 cm³/mol. The third-order valence-electron chi connectivity index (χ3n) is 0.716. The number of rotatable bonds is 3. The average Bonchev–Trinajstić information content (AvgIpc) is 1.87. The summed E-state index contributed by atoms with van der Waals surface area (Å²) in [6.45, 7) is 4.50. The molecule has 0 bridgehead atoms. The molecule has 0 radical (unpaired) electrons. The Morgan fingerprint density at radius 3 is 2.36 bits per heavy atom. The first-order valence-corrected chi connectivity index (χ1v) is 3.53. The van der Waals surface area contributed by atoms with Crippen LogP contribution in [0.5, 0.6) is 0 Å². The summed E-state index contributed by atoms with van der Waals surface area (Å²) in [5.41, 5.74) is -2.90. The minimum Gasteiger partial charge on any atom is -0.364 e. The molecule has 0 aliphatic rings. The molecule has 6 heteroatoms. The van der Waals surface area contributed by atoms with Crippen molar-refractivity contribution in [2.75, 3.05) is 0 Å². The first-order valence-electron chi connectivity index (χ1n) is 2.62. The lowest BCUT2D eigenvalue weighted by molar-refractivity contribution is -0.256. The number of aliphatic hydroxyl groups is 2. The summed E-state index contributed by atoms with van der Waals surface area (Å²) in [7, 11) is -1.55. The Labute approximate surface area is 64.5 Å². The molecule has 0 heterocycles. The zero-order chi connectivity index (χ0) is 9.07. The Bertz CT molecular complexity index is 197. The zero-order valence-electron chi connectivity index (χ0n) is 5.83. The number of hydrogen-bond acceptors (Lipinski definition) is 5. The lowest BCUT2D eigenvalue weighted by Crippen LogP contribution is -2.28. The van der Waals surface area contributed by atoms with Crippen LogP contribution in [-0.4, -0.2) is 21.9 Å². The van der Waals surface area contributed by atoms with E-state index in [1.54, 1.807) is 0 Å². The van der Waals surface area contributed by atoms with Crippen molar-refractivity contribution < 1.29 is 24.3 Å². The SMILES string of the molecule is C=C(C)C(=O)OC(O)(O)[PH+]=O. The number of carbonyl (C=O) groups excluding carboxylic acids is 1. The molecule has 0 aliphatic carbocycles. The van der Waals surface area contributed by atoms with E-state index in [9.17, 15) is 9.36 Å². The van der Waals surface area contributed by atoms with Gasteiger partial charge in [-0.1, -0.05) is 11.1 Å². The van der Waals surface area contributed by atoms with Crippen molar-refractivity contribution in [3.8, 4) is 0 Å². The molecule has 1 unspecified atom stereocenters. The highest BCUT2D eigenvalue weighted by molar-refractivity contribution is 7.25. The normalized spacial score (nSPS) is 11.2. The lowest BCUT2D eigenvalue weighted by Gasteiger charge is -2.06. The Hall–Kier alpha value is -0.770. The van der Waals surface area contributed by atoms with Crippen LogP contribution in [0.3, 0.4) is 0 Å². The molecule has 0 saturated carbocycles. The van der Waals surface area contributed by atoms with Gasteiger partial charge in [-0.2, -0.15) is 0 Å². The molecule has 5 nitrogen and oxygen atoms in total. The third-order valence-corrected chi connectivity index (χ3v) is 1.08. The molecule has 1 atom stereocenters. The van der Waals surface area contributed by atoms with Gasteiger partial charge >= 0.3 is 20.1 Å². The van der Waals surface area contributed by atoms with Crippen LogP contribution < -0.4 is 0 Å². The van der Waals surface area contributed by atoms with Gasteiger partial charge in [0.05, 0.1) is 0 Å². The minimum absolute atomic E-state index is 0.00396. The molecule has 0 aromatic heterocycles. The maximum Gasteiger partial charge on any atom is 0.537 e. The topological polar surface area (TPSA) is 83.8 Å². The van der Waals surface area contributed by atoms with Crippen LogP contribution >= 0.6 is 8.46 Å². The number of ether oxygens (including phenoxy) is 1. The second kappa shape index (κ2) is 3.57. The molecule has 0 amide bonds. The Morgan fingerprint density at radius 2 is 2.09 bits per heavy atom. The fraction of sp³-hybridized carbons (Fsp3) is 0.400. The van der Waals surface area contributed by atoms with Gasteiger partial charge < -0.3 is 4.74 Å². The van der Waals surface area contributed by atoms with Crippen LogP contribution in [0.1, 0.15) is 6.92 Å². The summed E-state index contributed by atoms with van der Waals surface area (Å²) in [5, 5.41) is 17.0. The van der Waals surface area contributed by atoms with Crippen molar-refractivity contribution >= 4 is 14.4 Å². The van der Waals surface area contributed by atoms with E-state index in [-0.39, 0.29) is 5.57 Å². The summed E-state index contributed by atoms with van der Waals surface area (Å²) in [4.78, 5) is 10.5. The van der Waals surface area contributed by atoms with E-state index >= 15 is 0 Å². The van der Waals surface area contributed by atoms with Crippen molar-refractivity contribution in [1.82, 2.24) is 0 Å². The largest absolute Gasteiger partial charge is 0.537 e. The first-order chi connectivity index (χ1) is 4.89. The van der Waals surface area contributed by atoms with E-state index in [1.165, 1.54) is 6.92 Å². The predicted octanol–water partition coefficient (Wildman–Crippen LogP) is -0.274. The Balaban J connectivity index is 4.15. The summed E-state index contributed by atoms with van der Waals surface area (Å²) in [6, 6.07) is 0. The van der Waals surface area contributed by atoms with Crippen LogP contribution in [0, 0.1) is 0 Å². The van der Waals surface area contributed by atoms with Gasteiger partial charge in [-0.25, -0.2) is 4.79 Å². The van der Waals surface area contributed by atoms with Crippen molar-refractivity contribution in [2.45, 2.75) is 12.6 Å². The summed E-state index contributed by atoms with van der Waals surface area (Å²) < 4.78 is 13.9. The number of esters is 1. The molecular formula is C5H8O5P+. The summed E-state index contributed by atoms with van der Waals surface area (Å²) in [6.07, 6.45) is 0. The molecule has 0 aromatic carbocycles. The fourth-order valence-electron chi connectivity index (χ4n) is 0.237. The van der Waals surface area contributed by atoms with Gasteiger partial charge in [-0.15, -0.1) is 0 Å². The Morgan fingerprint density at radius 1 is 1.64 bits per heavy atom. The van der Waals surface area contributed by atoms with E-state index in [0.717, 1.165) is 0 Å². The van der Waals surface area contributed by atoms with Crippen LogP contribution in [-0.2, 0) is 14.1 Å². The summed E-state index contributed by atoms with van der Waals surface area (Å²) in [5.74, 6) is -1.00. The quantitative estimate of drug-likeness (QED) is 0.269. The van der Waals surface area contributed by atoms with E-state index in [1.807, 2.05) is 0 Å². The van der Waals surface area contributed by atoms with Crippen LogP contribution in [0.2, 0.25) is 0 Å². The van der Waals surface area contributed by atoms with Gasteiger partial charge in [0.15, 0.2) is 0 Å². The van der Waals surface area contributed by atoms with Gasteiger partial charge in [-0.05, 0) is 6.92 Å². The van der Waals surface area contributed by atoms with Crippen LogP contribution in [0.4, 0.5) is 0 Å². The van der Waals surface area contributed by atoms with Crippen molar-refractivity contribution in [3.05, 3.63) is 12.2 Å². The van der Waals surface area contributed by atoms with Gasteiger partial charge in [0, 0.05) is 5.57 Å². The monoisotopic (exact) mass is 179 g/mol. The highest BCUT2D eigenvalue weighted by Gasteiger charge is 2.38. The molecular weight excluding hydrogens is 171 g/mol. The second-order valence-corrected chi connectivity index (χ2v) is 2.74. The molecule has 2 N–H and O–H groups in total. The zero-order valence-corrected chi connectivity index (χ0v) is 6.83. The molecule has 0 saturated heterocycles. The molecule has 0 aliphatic heterocycles. The number of carbonyl (C=O) groups is 1. The highest BCUT2D eigenvalue weighted by atomic mass is 31.1. The smallest absolute Gasteiger partial charge is 0.364 e. The molecule has 0 aromatic rings. The highest BCUT2D eigenvalue weighted by Crippen LogP contribution is 2.18. The number of hydrogen-bond donors (Lipinski definition) is 2. The second-order valence-electron chi connectivity index (χ2n) is 1.88. The van der Waals surface area contributed by atoms with Crippen molar-refractivity contribution in [2.24, 2.45) is 0 Å². The molecule has 0 fully saturated rings. The van der Waals surface area contributed by atoms with E-state index in [2.05, 4.69) is 11.3 Å². The average molecular weight is 179 g/mol. The van der Waals surface area contributed by atoms with E-state index < -0.39 is 20.1 Å². The van der Waals surface area contributed by atoms with Gasteiger partial charge in [0.2, 0.25) is 0 Å². The Kier molecular flexibility index (Phi) is 3.32. The minimum atomic E-state index is -2.89. The van der Waals surface area contributed by atoms with E-state index in [4.69, 9.17) is 10.2 Å². The van der Waals surface area contributed by atoms with Crippen molar-refractivity contribution in [3.63, 3.8) is 0 Å². The van der Waals surface area contributed by atoms with Gasteiger partial charge in [0.1, 0.15) is 0 Å². The maximum absolute atomic E-state index is 10.5. The van der Waals surface area contributed by atoms with Crippen LogP contribution in [0.25, 0.3) is 0 Å². The maximum atomic E-state index is 10.5. The molecule has 62 valence electrons.